The maximum absolute atomic E-state index is 13.8. The summed E-state index contributed by atoms with van der Waals surface area (Å²) in [6, 6.07) is 10.5. The molecule has 3 atom stereocenters. The number of nitrogens with zero attached hydrogens (tertiary/aromatic N) is 3. The quantitative estimate of drug-likeness (QED) is 0.122. The third-order valence-corrected chi connectivity index (χ3v) is 11.0. The van der Waals surface area contributed by atoms with Crippen molar-refractivity contribution >= 4 is 30.7 Å². The molecule has 0 saturated heterocycles. The largest absolute Gasteiger partial charge is 0.493 e. The molecule has 0 unspecified atom stereocenters. The van der Waals surface area contributed by atoms with Crippen LogP contribution in [0.5, 0.6) is 5.75 Å². The van der Waals surface area contributed by atoms with Gasteiger partial charge in [0, 0.05) is 19.6 Å². The van der Waals surface area contributed by atoms with E-state index in [9.17, 15) is 27.6 Å². The van der Waals surface area contributed by atoms with E-state index in [4.69, 9.17) is 9.47 Å². The van der Waals surface area contributed by atoms with Gasteiger partial charge in [0.1, 0.15) is 11.3 Å². The molecule has 0 N–H and O–H groups in total. The second-order valence-corrected chi connectivity index (χ2v) is 19.6. The summed E-state index contributed by atoms with van der Waals surface area (Å²) < 4.78 is 52.8. The summed E-state index contributed by atoms with van der Waals surface area (Å²) in [7, 11) is -1.51. The number of fused-ring (bicyclic) bond motifs is 1. The van der Waals surface area contributed by atoms with Crippen LogP contribution < -0.4 is 10.3 Å². The van der Waals surface area contributed by atoms with Gasteiger partial charge >= 0.3 is 12.1 Å². The van der Waals surface area contributed by atoms with Gasteiger partial charge in [0.25, 0.3) is 5.56 Å². The van der Waals surface area contributed by atoms with Crippen LogP contribution in [0.25, 0.3) is 10.9 Å². The van der Waals surface area contributed by atoms with Crippen LogP contribution in [0, 0.1) is 23.7 Å². The first-order chi connectivity index (χ1) is 21.8. The first-order valence-electron chi connectivity index (χ1n) is 16.2. The Bertz CT molecular complexity index is 1600. The topological polar surface area (TPSA) is 100 Å². The van der Waals surface area contributed by atoms with Gasteiger partial charge in [0.15, 0.2) is 5.78 Å². The van der Waals surface area contributed by atoms with Crippen LogP contribution in [0.4, 0.5) is 13.2 Å². The number of carbonyl (C=O) groups excluding carboxylic acids is 2. The van der Waals surface area contributed by atoms with Crippen molar-refractivity contribution in [1.29, 1.82) is 0 Å². The second kappa shape index (κ2) is 14.1. The van der Waals surface area contributed by atoms with Gasteiger partial charge in [-0.3, -0.25) is 14.4 Å². The Hall–Kier alpha value is -3.54. The SMILES string of the molecule is C[Si](C)(C)CCOC(=O)[C@H]1[C@H](Cn2nnc3ccc(C(F)(F)F)cc3c2=O)CC[C@@H]1C(=O)c1ccc(OCC2CCCCC2)cc1. The van der Waals surface area contributed by atoms with E-state index in [0.29, 0.717) is 36.7 Å². The summed E-state index contributed by atoms with van der Waals surface area (Å²) in [4.78, 5) is 40.7. The molecule has 2 saturated carbocycles. The molecule has 3 aromatic rings. The number of rotatable bonds is 11. The summed E-state index contributed by atoms with van der Waals surface area (Å²) in [6.07, 6.45) is 2.27. The number of aromatic nitrogens is 3. The highest BCUT2D eigenvalue weighted by atomic mass is 28.3. The van der Waals surface area contributed by atoms with Gasteiger partial charge in [-0.2, -0.15) is 13.2 Å². The normalized spacial score (nSPS) is 21.0. The van der Waals surface area contributed by atoms with Gasteiger partial charge < -0.3 is 9.47 Å². The fraction of sp³-hybridized carbons (Fsp3) is 0.559. The minimum atomic E-state index is -4.63. The molecule has 2 fully saturated rings. The van der Waals surface area contributed by atoms with Crippen LogP contribution in [0.15, 0.2) is 47.3 Å². The fourth-order valence-electron chi connectivity index (χ4n) is 6.58. The lowest BCUT2D eigenvalue weighted by atomic mass is 9.84. The number of hydrogen-bond acceptors (Lipinski definition) is 7. The van der Waals surface area contributed by atoms with E-state index in [1.165, 1.54) is 32.1 Å². The molecule has 2 aliphatic carbocycles. The highest BCUT2D eigenvalue weighted by Gasteiger charge is 2.46. The van der Waals surface area contributed by atoms with E-state index >= 15 is 0 Å². The fourth-order valence-corrected chi connectivity index (χ4v) is 7.30. The number of esters is 1. The van der Waals surface area contributed by atoms with E-state index in [1.807, 2.05) is 0 Å². The van der Waals surface area contributed by atoms with Gasteiger partial charge in [-0.25, -0.2) is 4.68 Å². The number of ketones is 1. The van der Waals surface area contributed by atoms with Gasteiger partial charge in [-0.1, -0.05) is 44.1 Å². The average molecular weight is 658 g/mol. The van der Waals surface area contributed by atoms with Gasteiger partial charge in [-0.05, 0) is 86.0 Å². The molecule has 0 radical (unpaired) electrons. The molecule has 8 nitrogen and oxygen atoms in total. The van der Waals surface area contributed by atoms with Crippen molar-refractivity contribution in [1.82, 2.24) is 15.0 Å². The molecule has 1 aromatic heterocycles. The van der Waals surface area contributed by atoms with Crippen molar-refractivity contribution in [3.8, 4) is 5.75 Å². The average Bonchev–Trinajstić information content (AvgIpc) is 3.44. The third-order valence-electron chi connectivity index (χ3n) is 9.30. The first-order valence-corrected chi connectivity index (χ1v) is 19.9. The lowest BCUT2D eigenvalue weighted by molar-refractivity contribution is -0.150. The number of halogens is 3. The molecule has 0 bridgehead atoms. The van der Waals surface area contributed by atoms with Crippen LogP contribution in [0.1, 0.15) is 60.9 Å². The molecular formula is C34H42F3N3O5Si. The van der Waals surface area contributed by atoms with Crippen molar-refractivity contribution in [3.63, 3.8) is 0 Å². The van der Waals surface area contributed by atoms with E-state index in [-0.39, 0.29) is 29.8 Å². The highest BCUT2D eigenvalue weighted by Crippen LogP contribution is 2.41. The Morgan fingerprint density at radius 1 is 0.978 bits per heavy atom. The van der Waals surface area contributed by atoms with Gasteiger partial charge in [0.2, 0.25) is 0 Å². The van der Waals surface area contributed by atoms with E-state index in [1.54, 1.807) is 24.3 Å². The zero-order valence-corrected chi connectivity index (χ0v) is 27.6. The molecule has 12 heteroatoms. The van der Waals surface area contributed by atoms with Crippen LogP contribution in [-0.2, 0) is 22.3 Å². The first kappa shape index (κ1) is 33.8. The number of ether oxygens (including phenoxy) is 2. The molecule has 46 heavy (non-hydrogen) atoms. The zero-order valence-electron chi connectivity index (χ0n) is 26.6. The number of benzene rings is 2. The minimum Gasteiger partial charge on any atom is -0.493 e. The molecule has 2 aromatic carbocycles. The lowest BCUT2D eigenvalue weighted by Crippen LogP contribution is -2.36. The zero-order chi connectivity index (χ0) is 33.1. The standard InChI is InChI=1S/C34H42F3N3O5Si/c1-46(2,3)18-17-44-33(43)30-24(20-40-32(42)28-19-25(34(35,36)37)12-16-29(28)38-39-40)11-15-27(30)31(41)23-9-13-26(14-10-23)45-21-22-7-5-4-6-8-22/h9-10,12-14,16,19,22,24,27,30H,4-8,11,15,17-18,20-21H2,1-3H3/t24-,27-,30-/m0/s1. The Kier molecular flexibility index (Phi) is 10.3. The van der Waals surface area contributed by atoms with Crippen molar-refractivity contribution in [2.75, 3.05) is 13.2 Å². The molecule has 248 valence electrons. The summed E-state index contributed by atoms with van der Waals surface area (Å²) in [6.45, 7) is 7.32. The Morgan fingerprint density at radius 2 is 1.70 bits per heavy atom. The minimum absolute atomic E-state index is 0.0437. The van der Waals surface area contributed by atoms with E-state index in [2.05, 4.69) is 30.0 Å². The maximum Gasteiger partial charge on any atom is 0.416 e. The maximum atomic E-state index is 13.8. The molecule has 0 aliphatic heterocycles. The number of Topliss-reactive ketones (excluding diaryl/α,β-unsaturated/α-hetero) is 1. The van der Waals surface area contributed by atoms with Crippen molar-refractivity contribution in [2.24, 2.45) is 23.7 Å². The predicted molar refractivity (Wildman–Crippen MR) is 170 cm³/mol. The van der Waals surface area contributed by atoms with Crippen LogP contribution >= 0.6 is 0 Å². The van der Waals surface area contributed by atoms with Crippen molar-refractivity contribution < 1.29 is 32.2 Å². The van der Waals surface area contributed by atoms with Crippen LogP contribution in [0.2, 0.25) is 25.7 Å². The summed E-state index contributed by atoms with van der Waals surface area (Å²) in [5.74, 6) is -1.49. The Balaban J connectivity index is 1.35. The molecular weight excluding hydrogens is 615 g/mol. The van der Waals surface area contributed by atoms with E-state index in [0.717, 1.165) is 28.9 Å². The number of hydrogen-bond donors (Lipinski definition) is 0. The Morgan fingerprint density at radius 3 is 2.37 bits per heavy atom. The lowest BCUT2D eigenvalue weighted by Gasteiger charge is -2.24. The second-order valence-electron chi connectivity index (χ2n) is 14.0. The summed E-state index contributed by atoms with van der Waals surface area (Å²) >= 11 is 0. The predicted octanol–water partition coefficient (Wildman–Crippen LogP) is 7.18. The van der Waals surface area contributed by atoms with Gasteiger partial charge in [0.05, 0.1) is 36.6 Å². The number of carbonyl (C=O) groups is 2. The molecule has 0 amide bonds. The highest BCUT2D eigenvalue weighted by molar-refractivity contribution is 6.76. The van der Waals surface area contributed by atoms with Crippen LogP contribution in [0.3, 0.4) is 0 Å². The summed E-state index contributed by atoms with van der Waals surface area (Å²) in [5, 5.41) is 7.72. The monoisotopic (exact) mass is 657 g/mol. The molecule has 1 heterocycles. The summed E-state index contributed by atoms with van der Waals surface area (Å²) in [5.41, 5.74) is -1.20. The molecule has 0 spiro atoms. The number of alkyl halides is 3. The smallest absolute Gasteiger partial charge is 0.416 e. The van der Waals surface area contributed by atoms with Crippen LogP contribution in [-0.4, -0.2) is 48.0 Å². The molecule has 5 rings (SSSR count). The van der Waals surface area contributed by atoms with E-state index < -0.39 is 49.1 Å². The van der Waals surface area contributed by atoms with Crippen molar-refractivity contribution in [2.45, 2.75) is 83.4 Å². The van der Waals surface area contributed by atoms with Crippen molar-refractivity contribution in [3.05, 3.63) is 63.9 Å². The Labute approximate surface area is 267 Å². The third kappa shape index (κ3) is 8.23. The molecule has 2 aliphatic rings. The van der Waals surface area contributed by atoms with Gasteiger partial charge in [-0.15, -0.1) is 5.10 Å².